The van der Waals surface area contributed by atoms with Crippen molar-refractivity contribution in [3.05, 3.63) is 69.8 Å². The second-order valence-corrected chi connectivity index (χ2v) is 10.5. The Balaban J connectivity index is 1.29. The van der Waals surface area contributed by atoms with Gasteiger partial charge in [-0.2, -0.15) is 13.2 Å². The van der Waals surface area contributed by atoms with E-state index in [0.29, 0.717) is 56.3 Å². The Morgan fingerprint density at radius 3 is 2.47 bits per heavy atom. The molecular weight excluding hydrogens is 529 g/mol. The molecule has 1 aromatic heterocycles. The number of hydrogen-bond donors (Lipinski definition) is 0. The molecule has 0 spiro atoms. The van der Waals surface area contributed by atoms with Crippen LogP contribution < -0.4 is 4.90 Å². The lowest BCUT2D eigenvalue weighted by atomic mass is 9.94. The summed E-state index contributed by atoms with van der Waals surface area (Å²) in [6, 6.07) is 7.09. The summed E-state index contributed by atoms with van der Waals surface area (Å²) >= 11 is 6.34. The van der Waals surface area contributed by atoms with Crippen molar-refractivity contribution in [1.29, 1.82) is 0 Å². The van der Waals surface area contributed by atoms with Crippen LogP contribution in [0.2, 0.25) is 5.02 Å². The predicted octanol–water partition coefficient (Wildman–Crippen LogP) is 5.71. The quantitative estimate of drug-likeness (QED) is 0.389. The van der Waals surface area contributed by atoms with Gasteiger partial charge in [0.25, 0.3) is 0 Å². The van der Waals surface area contributed by atoms with Gasteiger partial charge in [0.05, 0.1) is 24.4 Å². The lowest BCUT2D eigenvalue weighted by Gasteiger charge is -2.34. The number of benzene rings is 2. The number of anilines is 1. The molecule has 2 saturated heterocycles. The van der Waals surface area contributed by atoms with Crippen molar-refractivity contribution in [2.24, 2.45) is 0 Å². The van der Waals surface area contributed by atoms with E-state index < -0.39 is 29.1 Å². The topological polar surface area (TPSA) is 46.4 Å². The van der Waals surface area contributed by atoms with Crippen LogP contribution in [0.15, 0.2) is 30.3 Å². The molecule has 6 nitrogen and oxygen atoms in total. The summed E-state index contributed by atoms with van der Waals surface area (Å²) in [5, 5.41) is 9.68. The molecule has 2 fully saturated rings. The third-order valence-corrected chi connectivity index (χ3v) is 7.96. The van der Waals surface area contributed by atoms with Crippen LogP contribution in [-0.4, -0.2) is 52.0 Å². The molecule has 0 aliphatic carbocycles. The van der Waals surface area contributed by atoms with Gasteiger partial charge in [0.15, 0.2) is 11.6 Å². The fraction of sp³-hybridized carbons (Fsp3) is 0.462. The van der Waals surface area contributed by atoms with Crippen molar-refractivity contribution in [3.8, 4) is 5.69 Å². The average Bonchev–Trinajstić information content (AvgIpc) is 3.52. The number of nitrogens with zero attached hydrogens (tertiary/aromatic N) is 5. The van der Waals surface area contributed by atoms with Crippen LogP contribution in [-0.2, 0) is 24.0 Å². The van der Waals surface area contributed by atoms with E-state index in [1.54, 1.807) is 0 Å². The largest absolute Gasteiger partial charge is 0.419 e. The Bertz CT molecular complexity index is 1350. The monoisotopic (exact) mass is 553 g/mol. The van der Waals surface area contributed by atoms with E-state index in [1.807, 2.05) is 22.8 Å². The first-order valence-corrected chi connectivity index (χ1v) is 12.9. The van der Waals surface area contributed by atoms with E-state index in [4.69, 9.17) is 16.3 Å². The fourth-order valence-corrected chi connectivity index (χ4v) is 5.99. The van der Waals surface area contributed by atoms with Gasteiger partial charge in [0.2, 0.25) is 0 Å². The lowest BCUT2D eigenvalue weighted by Crippen LogP contribution is -2.35. The highest BCUT2D eigenvalue weighted by Gasteiger charge is 2.38. The predicted molar refractivity (Wildman–Crippen MR) is 130 cm³/mol. The molecule has 2 aromatic carbocycles. The molecule has 1 atom stereocenters. The van der Waals surface area contributed by atoms with Crippen molar-refractivity contribution in [3.63, 3.8) is 0 Å². The molecule has 3 aliphatic heterocycles. The summed E-state index contributed by atoms with van der Waals surface area (Å²) in [6.45, 7) is 2.99. The number of fused-ring (bicyclic) bond motifs is 3. The van der Waals surface area contributed by atoms with Crippen molar-refractivity contribution < 1.29 is 26.7 Å². The minimum atomic E-state index is -4.90. The fourth-order valence-electron chi connectivity index (χ4n) is 5.79. The second kappa shape index (κ2) is 9.77. The van der Waals surface area contributed by atoms with Crippen LogP contribution in [0, 0.1) is 11.6 Å². The maximum atomic E-state index is 14.8. The molecule has 3 aromatic rings. The van der Waals surface area contributed by atoms with Crippen LogP contribution in [0.5, 0.6) is 0 Å². The normalized spacial score (nSPS) is 20.9. The average molecular weight is 554 g/mol. The van der Waals surface area contributed by atoms with Crippen molar-refractivity contribution >= 4 is 17.3 Å². The molecule has 0 bridgehead atoms. The summed E-state index contributed by atoms with van der Waals surface area (Å²) in [5.41, 5.74) is -0.128. The molecule has 0 saturated carbocycles. The van der Waals surface area contributed by atoms with Crippen LogP contribution in [0.3, 0.4) is 0 Å². The molecule has 4 heterocycles. The lowest BCUT2D eigenvalue weighted by molar-refractivity contribution is -0.139. The summed E-state index contributed by atoms with van der Waals surface area (Å²) in [7, 11) is 0. The molecule has 0 unspecified atom stereocenters. The number of rotatable bonds is 3. The highest BCUT2D eigenvalue weighted by Crippen LogP contribution is 2.39. The molecule has 0 N–H and O–H groups in total. The van der Waals surface area contributed by atoms with E-state index in [1.165, 1.54) is 4.90 Å². The third kappa shape index (κ3) is 4.54. The van der Waals surface area contributed by atoms with Gasteiger partial charge < -0.3 is 9.64 Å². The summed E-state index contributed by atoms with van der Waals surface area (Å²) in [6.07, 6.45) is -3.07. The van der Waals surface area contributed by atoms with Gasteiger partial charge in [-0.15, -0.1) is 10.2 Å². The van der Waals surface area contributed by atoms with Gasteiger partial charge >= 0.3 is 6.18 Å². The van der Waals surface area contributed by atoms with Crippen LogP contribution in [0.25, 0.3) is 5.69 Å². The second-order valence-electron chi connectivity index (χ2n) is 10.0. The molecule has 38 heavy (non-hydrogen) atoms. The maximum absolute atomic E-state index is 14.8. The van der Waals surface area contributed by atoms with E-state index in [-0.39, 0.29) is 25.0 Å². The van der Waals surface area contributed by atoms with Gasteiger partial charge in [-0.3, -0.25) is 9.47 Å². The van der Waals surface area contributed by atoms with Crippen molar-refractivity contribution in [1.82, 2.24) is 19.7 Å². The molecular formula is C26H25ClF5N5O. The van der Waals surface area contributed by atoms with E-state index >= 15 is 0 Å². The Morgan fingerprint density at radius 1 is 0.974 bits per heavy atom. The Morgan fingerprint density at radius 2 is 1.76 bits per heavy atom. The first-order chi connectivity index (χ1) is 18.2. The standard InChI is InChI=1S/C26H25ClF5N5O/c27-17-1-4-21-16(11-17)12-36(18-7-10-38-14-18)13-22-33-34-25(37(21)22)15-5-8-35(9-6-15)24-20(28)3-2-19(23(24)29)26(30,31)32/h1-4,11,15,18H,5-10,12-14H2/t18-/m1/s1. The van der Waals surface area contributed by atoms with E-state index in [9.17, 15) is 22.0 Å². The highest BCUT2D eigenvalue weighted by atomic mass is 35.5. The smallest absolute Gasteiger partial charge is 0.380 e. The Kier molecular flexibility index (Phi) is 6.56. The molecule has 3 aliphatic rings. The number of alkyl halides is 3. The number of piperidine rings is 1. The molecule has 6 rings (SSSR count). The van der Waals surface area contributed by atoms with Gasteiger partial charge in [-0.1, -0.05) is 11.6 Å². The van der Waals surface area contributed by atoms with Crippen molar-refractivity contribution in [2.75, 3.05) is 31.2 Å². The van der Waals surface area contributed by atoms with E-state index in [2.05, 4.69) is 15.1 Å². The minimum absolute atomic E-state index is 0.0886. The van der Waals surface area contributed by atoms with E-state index in [0.717, 1.165) is 29.3 Å². The van der Waals surface area contributed by atoms with Crippen LogP contribution >= 0.6 is 11.6 Å². The number of halogens is 6. The van der Waals surface area contributed by atoms with Gasteiger partial charge in [-0.25, -0.2) is 8.78 Å². The number of ether oxygens (including phenoxy) is 1. The molecule has 0 radical (unpaired) electrons. The number of aromatic nitrogens is 3. The van der Waals surface area contributed by atoms with Crippen LogP contribution in [0.1, 0.15) is 48.0 Å². The first-order valence-electron chi connectivity index (χ1n) is 12.6. The zero-order valence-corrected chi connectivity index (χ0v) is 21.1. The maximum Gasteiger partial charge on any atom is 0.419 e. The zero-order chi connectivity index (χ0) is 26.6. The summed E-state index contributed by atoms with van der Waals surface area (Å²) in [5.74, 6) is -1.15. The Hall–Kier alpha value is -2.76. The molecule has 0 amide bonds. The van der Waals surface area contributed by atoms with Gasteiger partial charge in [-0.05, 0) is 55.2 Å². The Labute approximate surface area is 220 Å². The molecule has 12 heteroatoms. The van der Waals surface area contributed by atoms with Crippen molar-refractivity contribution in [2.45, 2.75) is 50.5 Å². The highest BCUT2D eigenvalue weighted by molar-refractivity contribution is 6.30. The summed E-state index contributed by atoms with van der Waals surface area (Å²) in [4.78, 5) is 3.67. The summed E-state index contributed by atoms with van der Waals surface area (Å²) < 4.78 is 76.6. The van der Waals surface area contributed by atoms with Crippen LogP contribution in [0.4, 0.5) is 27.6 Å². The zero-order valence-electron chi connectivity index (χ0n) is 20.3. The number of hydrogen-bond acceptors (Lipinski definition) is 5. The molecule has 202 valence electrons. The third-order valence-electron chi connectivity index (χ3n) is 7.73. The van der Waals surface area contributed by atoms with Gasteiger partial charge in [0, 0.05) is 43.2 Å². The van der Waals surface area contributed by atoms with Gasteiger partial charge in [0.1, 0.15) is 17.3 Å². The SMILES string of the molecule is Fc1ccc(C(F)(F)F)c(F)c1N1CCC(c2nnc3n2-c2ccc(Cl)cc2CN([C@@H]2CCOC2)C3)CC1. The minimum Gasteiger partial charge on any atom is -0.380 e. The first kappa shape index (κ1) is 25.5.